The van der Waals surface area contributed by atoms with Crippen LogP contribution in [-0.2, 0) is 4.79 Å². The van der Waals surface area contributed by atoms with Crippen molar-refractivity contribution in [2.45, 2.75) is 25.9 Å². The Bertz CT molecular complexity index is 318. The molecule has 1 atom stereocenters. The summed E-state index contributed by atoms with van der Waals surface area (Å²) in [6, 6.07) is 0. The minimum atomic E-state index is -4.28. The lowest BCUT2D eigenvalue weighted by Gasteiger charge is -2.20. The summed E-state index contributed by atoms with van der Waals surface area (Å²) in [5.74, 6) is -0.104. The minimum Gasteiger partial charge on any atom is -0.358 e. The van der Waals surface area contributed by atoms with E-state index in [0.717, 1.165) is 5.57 Å². The Hall–Kier alpha value is -1.26. The van der Waals surface area contributed by atoms with Crippen LogP contribution >= 0.6 is 0 Å². The van der Waals surface area contributed by atoms with E-state index < -0.39 is 11.7 Å². The molecule has 0 saturated heterocycles. The number of amides is 1. The van der Waals surface area contributed by atoms with Crippen LogP contribution in [0.4, 0.5) is 13.2 Å². The first-order chi connectivity index (χ1) is 7.43. The fourth-order valence-electron chi connectivity index (χ4n) is 1.75. The van der Waals surface area contributed by atoms with Crippen LogP contribution in [0.25, 0.3) is 0 Å². The lowest BCUT2D eigenvalue weighted by atomic mass is 9.90. The van der Waals surface area contributed by atoms with Gasteiger partial charge in [0.15, 0.2) is 0 Å². The van der Waals surface area contributed by atoms with E-state index in [1.54, 1.807) is 6.92 Å². The summed E-state index contributed by atoms with van der Waals surface area (Å²) in [6.45, 7) is 2.14. The lowest BCUT2D eigenvalue weighted by molar-refractivity contribution is -0.109. The Labute approximate surface area is 92.2 Å². The maximum atomic E-state index is 12.5. The van der Waals surface area contributed by atoms with Crippen LogP contribution in [0, 0.1) is 5.92 Å². The average molecular weight is 233 g/mol. The highest BCUT2D eigenvalue weighted by Gasteiger charge is 2.34. The van der Waals surface area contributed by atoms with Gasteiger partial charge in [0.25, 0.3) is 0 Å². The van der Waals surface area contributed by atoms with Crippen LogP contribution in [0.3, 0.4) is 0 Å². The zero-order valence-electron chi connectivity index (χ0n) is 8.97. The molecule has 0 aromatic carbocycles. The van der Waals surface area contributed by atoms with Crippen molar-refractivity contribution in [1.82, 2.24) is 5.32 Å². The van der Waals surface area contributed by atoms with Gasteiger partial charge in [-0.05, 0) is 18.8 Å². The van der Waals surface area contributed by atoms with Gasteiger partial charge < -0.3 is 5.32 Å². The predicted octanol–water partition coefficient (Wildman–Crippen LogP) is 2.58. The van der Waals surface area contributed by atoms with Crippen molar-refractivity contribution in [1.29, 1.82) is 0 Å². The van der Waals surface area contributed by atoms with Crippen molar-refractivity contribution in [3.8, 4) is 0 Å². The molecule has 0 bridgehead atoms. The van der Waals surface area contributed by atoms with Gasteiger partial charge in [-0.15, -0.1) is 0 Å². The van der Waals surface area contributed by atoms with E-state index in [1.807, 2.05) is 0 Å². The first kappa shape index (κ1) is 12.8. The monoisotopic (exact) mass is 233 g/mol. The van der Waals surface area contributed by atoms with E-state index >= 15 is 0 Å². The summed E-state index contributed by atoms with van der Waals surface area (Å²) in [5, 5.41) is 2.44. The fraction of sp³-hybridized carbons (Fsp3) is 0.545. The Balaban J connectivity index is 2.68. The van der Waals surface area contributed by atoms with Crippen molar-refractivity contribution >= 4 is 6.41 Å². The van der Waals surface area contributed by atoms with E-state index in [-0.39, 0.29) is 5.92 Å². The molecule has 16 heavy (non-hydrogen) atoms. The standard InChI is InChI=1S/C11H14F3NO/c1-8-4-9(2-3-15-7-16)6-10(5-8)11(12,13)14/h5-8H,2-4H2,1H3,(H,15,16). The van der Waals surface area contributed by atoms with Gasteiger partial charge in [0.2, 0.25) is 6.41 Å². The summed E-state index contributed by atoms with van der Waals surface area (Å²) in [5.41, 5.74) is 0.157. The molecule has 1 unspecified atom stereocenters. The summed E-state index contributed by atoms with van der Waals surface area (Å²) in [6.07, 6.45) is -0.203. The molecule has 0 heterocycles. The largest absolute Gasteiger partial charge is 0.416 e. The van der Waals surface area contributed by atoms with Crippen molar-refractivity contribution in [3.05, 3.63) is 23.3 Å². The van der Waals surface area contributed by atoms with Crippen molar-refractivity contribution in [2.75, 3.05) is 6.54 Å². The number of nitrogens with one attached hydrogen (secondary N) is 1. The second-order valence-corrected chi connectivity index (χ2v) is 3.93. The first-order valence-electron chi connectivity index (χ1n) is 5.09. The van der Waals surface area contributed by atoms with Crippen LogP contribution in [0.5, 0.6) is 0 Å². The second-order valence-electron chi connectivity index (χ2n) is 3.93. The van der Waals surface area contributed by atoms with Gasteiger partial charge in [0.05, 0.1) is 5.57 Å². The molecule has 5 heteroatoms. The molecule has 1 N–H and O–H groups in total. The zero-order valence-corrected chi connectivity index (χ0v) is 8.97. The molecular formula is C11H14F3NO. The van der Waals surface area contributed by atoms with Crippen LogP contribution in [-0.4, -0.2) is 19.1 Å². The molecule has 0 spiro atoms. The molecule has 2 nitrogen and oxygen atoms in total. The highest BCUT2D eigenvalue weighted by molar-refractivity contribution is 5.46. The molecule has 90 valence electrons. The van der Waals surface area contributed by atoms with E-state index in [2.05, 4.69) is 5.32 Å². The summed E-state index contributed by atoms with van der Waals surface area (Å²) in [7, 11) is 0. The Morgan fingerprint density at radius 2 is 2.25 bits per heavy atom. The van der Waals surface area contributed by atoms with Gasteiger partial charge in [0.1, 0.15) is 0 Å². The molecule has 0 radical (unpaired) electrons. The normalized spacial score (nSPS) is 21.1. The molecular weight excluding hydrogens is 219 g/mol. The highest BCUT2D eigenvalue weighted by atomic mass is 19.4. The number of carbonyl (C=O) groups excluding carboxylic acids is 1. The predicted molar refractivity (Wildman–Crippen MR) is 54.7 cm³/mol. The van der Waals surface area contributed by atoms with Gasteiger partial charge in [-0.25, -0.2) is 0 Å². The van der Waals surface area contributed by atoms with Crippen LogP contribution in [0.1, 0.15) is 19.8 Å². The molecule has 0 aromatic heterocycles. The highest BCUT2D eigenvalue weighted by Crippen LogP contribution is 2.34. The van der Waals surface area contributed by atoms with Gasteiger partial charge >= 0.3 is 6.18 Å². The molecule has 0 aliphatic heterocycles. The number of halogens is 3. The van der Waals surface area contributed by atoms with Crippen molar-refractivity contribution < 1.29 is 18.0 Å². The summed E-state index contributed by atoms with van der Waals surface area (Å²) in [4.78, 5) is 10.0. The third-order valence-electron chi connectivity index (χ3n) is 2.41. The van der Waals surface area contributed by atoms with Gasteiger partial charge in [-0.1, -0.05) is 24.6 Å². The lowest BCUT2D eigenvalue weighted by Crippen LogP contribution is -2.18. The zero-order chi connectivity index (χ0) is 12.2. The number of allylic oxidation sites excluding steroid dienone is 3. The third kappa shape index (κ3) is 3.72. The number of hydrogen-bond donors (Lipinski definition) is 1. The van der Waals surface area contributed by atoms with Crippen LogP contribution < -0.4 is 5.32 Å². The molecule has 1 aliphatic rings. The Morgan fingerprint density at radius 3 is 2.81 bits per heavy atom. The molecule has 0 aromatic rings. The maximum Gasteiger partial charge on any atom is 0.416 e. The van der Waals surface area contributed by atoms with E-state index in [0.29, 0.717) is 25.8 Å². The van der Waals surface area contributed by atoms with Crippen molar-refractivity contribution in [2.24, 2.45) is 5.92 Å². The van der Waals surface area contributed by atoms with Gasteiger partial charge in [0, 0.05) is 6.54 Å². The summed E-state index contributed by atoms with van der Waals surface area (Å²) >= 11 is 0. The molecule has 0 saturated carbocycles. The van der Waals surface area contributed by atoms with E-state index in [1.165, 1.54) is 12.2 Å². The Kier molecular flexibility index (Phi) is 4.15. The Morgan fingerprint density at radius 1 is 1.56 bits per heavy atom. The molecule has 1 rings (SSSR count). The molecule has 1 amide bonds. The fourth-order valence-corrected chi connectivity index (χ4v) is 1.75. The smallest absolute Gasteiger partial charge is 0.358 e. The molecule has 1 aliphatic carbocycles. The van der Waals surface area contributed by atoms with E-state index in [9.17, 15) is 18.0 Å². The van der Waals surface area contributed by atoms with Gasteiger partial charge in [-0.3, -0.25) is 4.79 Å². The van der Waals surface area contributed by atoms with E-state index in [4.69, 9.17) is 0 Å². The minimum absolute atomic E-state index is 0.104. The second kappa shape index (κ2) is 5.18. The summed E-state index contributed by atoms with van der Waals surface area (Å²) < 4.78 is 37.5. The molecule has 0 fully saturated rings. The quantitative estimate of drug-likeness (QED) is 0.587. The third-order valence-corrected chi connectivity index (χ3v) is 2.41. The number of carbonyl (C=O) groups is 1. The maximum absolute atomic E-state index is 12.5. The SMILES string of the molecule is CC1C=C(C(F)(F)F)C=C(CCNC=O)C1. The topological polar surface area (TPSA) is 29.1 Å². The van der Waals surface area contributed by atoms with Crippen molar-refractivity contribution in [3.63, 3.8) is 0 Å². The number of alkyl halides is 3. The van der Waals surface area contributed by atoms with Gasteiger partial charge in [-0.2, -0.15) is 13.2 Å². The van der Waals surface area contributed by atoms with Crippen LogP contribution in [0.15, 0.2) is 23.3 Å². The number of hydrogen-bond acceptors (Lipinski definition) is 1. The first-order valence-corrected chi connectivity index (χ1v) is 5.09. The number of rotatable bonds is 4. The average Bonchev–Trinajstić information content (AvgIpc) is 2.16. The van der Waals surface area contributed by atoms with Crippen LogP contribution in [0.2, 0.25) is 0 Å².